The van der Waals surface area contributed by atoms with E-state index >= 15 is 0 Å². The Morgan fingerprint density at radius 2 is 1.57 bits per heavy atom. The second-order valence-corrected chi connectivity index (χ2v) is 10.7. The van der Waals surface area contributed by atoms with Crippen LogP contribution in [0.4, 0.5) is 13.2 Å². The molecule has 0 aromatic heterocycles. The Morgan fingerprint density at radius 3 is 2.17 bits per heavy atom. The summed E-state index contributed by atoms with van der Waals surface area (Å²) >= 11 is 0. The van der Waals surface area contributed by atoms with Crippen LogP contribution >= 0.6 is 0 Å². The Morgan fingerprint density at radius 1 is 0.933 bits per heavy atom. The molecule has 0 spiro atoms. The van der Waals surface area contributed by atoms with Gasteiger partial charge in [0.1, 0.15) is 0 Å². The Labute approximate surface area is 173 Å². The molecule has 0 saturated carbocycles. The SMILES string of the molecule is O=S(=O)(NCC1CCNCC1)c1cc(S(=O)(=O)c2ccccc2)ccc1C(F)(F)F. The molecular formula is C19H21F3N2O4S2. The number of nitrogens with one attached hydrogen (secondary N) is 2. The average Bonchev–Trinajstić information content (AvgIpc) is 2.72. The zero-order valence-corrected chi connectivity index (χ0v) is 17.4. The first kappa shape index (κ1) is 22.7. The number of sulfonamides is 1. The number of rotatable bonds is 6. The first-order chi connectivity index (χ1) is 14.0. The predicted octanol–water partition coefficient (Wildman–Crippen LogP) is 2.82. The van der Waals surface area contributed by atoms with Crippen LogP contribution in [-0.4, -0.2) is 36.5 Å². The van der Waals surface area contributed by atoms with Crippen molar-refractivity contribution in [1.29, 1.82) is 0 Å². The third-order valence-corrected chi connectivity index (χ3v) is 8.16. The average molecular weight is 463 g/mol. The van der Waals surface area contributed by atoms with Crippen LogP contribution in [0.2, 0.25) is 0 Å². The van der Waals surface area contributed by atoms with Gasteiger partial charge in [-0.3, -0.25) is 0 Å². The topological polar surface area (TPSA) is 92.3 Å². The van der Waals surface area contributed by atoms with Crippen LogP contribution in [0.25, 0.3) is 0 Å². The van der Waals surface area contributed by atoms with Gasteiger partial charge in [-0.05, 0) is 62.2 Å². The molecule has 2 aromatic rings. The van der Waals surface area contributed by atoms with Crippen LogP contribution in [0.3, 0.4) is 0 Å². The van der Waals surface area contributed by atoms with E-state index in [1.165, 1.54) is 24.3 Å². The number of hydrogen-bond acceptors (Lipinski definition) is 5. The second-order valence-electron chi connectivity index (χ2n) is 7.02. The molecule has 0 atom stereocenters. The highest BCUT2D eigenvalue weighted by Crippen LogP contribution is 2.36. The van der Waals surface area contributed by atoms with E-state index < -0.39 is 41.4 Å². The lowest BCUT2D eigenvalue weighted by atomic mass is 9.99. The Bertz CT molecular complexity index is 1100. The molecular weight excluding hydrogens is 441 g/mol. The van der Waals surface area contributed by atoms with Crippen LogP contribution in [0.5, 0.6) is 0 Å². The molecule has 30 heavy (non-hydrogen) atoms. The number of sulfone groups is 1. The standard InChI is InChI=1S/C19H21F3N2O4S2/c20-19(21,22)17-7-6-16(29(25,26)15-4-2-1-3-5-15)12-18(17)30(27,28)24-13-14-8-10-23-11-9-14/h1-7,12,14,23-24H,8-11,13H2. The highest BCUT2D eigenvalue weighted by molar-refractivity contribution is 7.91. The maximum Gasteiger partial charge on any atom is 0.417 e. The summed E-state index contributed by atoms with van der Waals surface area (Å²) in [6.07, 6.45) is -3.58. The van der Waals surface area contributed by atoms with Gasteiger partial charge in [-0.15, -0.1) is 0 Å². The molecule has 0 unspecified atom stereocenters. The van der Waals surface area contributed by atoms with Gasteiger partial charge in [-0.1, -0.05) is 18.2 Å². The van der Waals surface area contributed by atoms with Crippen molar-refractivity contribution in [3.05, 3.63) is 54.1 Å². The van der Waals surface area contributed by atoms with Crippen molar-refractivity contribution >= 4 is 19.9 Å². The fourth-order valence-corrected chi connectivity index (χ4v) is 6.00. The molecule has 1 heterocycles. The third kappa shape index (κ3) is 5.02. The summed E-state index contributed by atoms with van der Waals surface area (Å²) in [5, 5.41) is 3.12. The zero-order chi connectivity index (χ0) is 22.0. The summed E-state index contributed by atoms with van der Waals surface area (Å²) in [4.78, 5) is -1.76. The highest BCUT2D eigenvalue weighted by Gasteiger charge is 2.38. The van der Waals surface area contributed by atoms with E-state index in [2.05, 4.69) is 10.0 Å². The van der Waals surface area contributed by atoms with Gasteiger partial charge in [0.2, 0.25) is 19.9 Å². The third-order valence-electron chi connectivity index (χ3n) is 4.93. The van der Waals surface area contributed by atoms with E-state index in [4.69, 9.17) is 0 Å². The van der Waals surface area contributed by atoms with Gasteiger partial charge in [0, 0.05) is 6.54 Å². The van der Waals surface area contributed by atoms with E-state index in [1.54, 1.807) is 6.07 Å². The van der Waals surface area contributed by atoms with E-state index in [0.717, 1.165) is 6.07 Å². The lowest BCUT2D eigenvalue weighted by molar-refractivity contribution is -0.139. The normalized spacial score (nSPS) is 16.5. The first-order valence-corrected chi connectivity index (χ1v) is 12.2. The smallest absolute Gasteiger partial charge is 0.317 e. The molecule has 0 aliphatic carbocycles. The molecule has 1 fully saturated rings. The van der Waals surface area contributed by atoms with Gasteiger partial charge in [-0.25, -0.2) is 21.6 Å². The molecule has 3 rings (SSSR count). The van der Waals surface area contributed by atoms with Crippen molar-refractivity contribution in [2.24, 2.45) is 5.92 Å². The molecule has 164 valence electrons. The summed E-state index contributed by atoms with van der Waals surface area (Å²) in [5.74, 6) is -0.00778. The number of piperidine rings is 1. The number of halogens is 3. The summed E-state index contributed by atoms with van der Waals surface area (Å²) in [7, 11) is -8.78. The van der Waals surface area contributed by atoms with Crippen LogP contribution in [0.1, 0.15) is 18.4 Å². The molecule has 2 N–H and O–H groups in total. The summed E-state index contributed by atoms with van der Waals surface area (Å²) in [6, 6.07) is 8.95. The van der Waals surface area contributed by atoms with Crippen molar-refractivity contribution in [3.63, 3.8) is 0 Å². The summed E-state index contributed by atoms with van der Waals surface area (Å²) < 4.78 is 93.7. The van der Waals surface area contributed by atoms with Crippen LogP contribution in [-0.2, 0) is 26.0 Å². The fourth-order valence-electron chi connectivity index (χ4n) is 3.25. The second kappa shape index (κ2) is 8.66. The monoisotopic (exact) mass is 462 g/mol. The number of hydrogen-bond donors (Lipinski definition) is 2. The van der Waals surface area contributed by atoms with Crippen molar-refractivity contribution < 1.29 is 30.0 Å². The number of alkyl halides is 3. The maximum absolute atomic E-state index is 13.5. The quantitative estimate of drug-likeness (QED) is 0.689. The van der Waals surface area contributed by atoms with E-state index in [1.807, 2.05) is 0 Å². The van der Waals surface area contributed by atoms with Crippen molar-refractivity contribution in [2.45, 2.75) is 33.7 Å². The maximum atomic E-state index is 13.5. The molecule has 0 bridgehead atoms. The molecule has 0 radical (unpaired) electrons. The van der Waals surface area contributed by atoms with E-state index in [0.29, 0.717) is 38.1 Å². The van der Waals surface area contributed by atoms with Crippen LogP contribution < -0.4 is 10.0 Å². The minimum absolute atomic E-state index is 0.00778. The van der Waals surface area contributed by atoms with Gasteiger partial charge in [0.15, 0.2) is 0 Å². The summed E-state index contributed by atoms with van der Waals surface area (Å²) in [5.41, 5.74) is -1.41. The van der Waals surface area contributed by atoms with Gasteiger partial charge in [0.25, 0.3) is 0 Å². The van der Waals surface area contributed by atoms with Crippen molar-refractivity contribution in [3.8, 4) is 0 Å². The summed E-state index contributed by atoms with van der Waals surface area (Å²) in [6.45, 7) is 1.38. The van der Waals surface area contributed by atoms with Gasteiger partial charge >= 0.3 is 6.18 Å². The zero-order valence-electron chi connectivity index (χ0n) is 15.8. The Kier molecular flexibility index (Phi) is 6.56. The van der Waals surface area contributed by atoms with Gasteiger partial charge in [0.05, 0.1) is 20.2 Å². The molecule has 2 aromatic carbocycles. The predicted molar refractivity (Wildman–Crippen MR) is 104 cm³/mol. The molecule has 1 aliphatic heterocycles. The van der Waals surface area contributed by atoms with Crippen LogP contribution in [0.15, 0.2) is 63.2 Å². The van der Waals surface area contributed by atoms with E-state index in [-0.39, 0.29) is 17.4 Å². The number of benzene rings is 2. The minimum Gasteiger partial charge on any atom is -0.317 e. The lowest BCUT2D eigenvalue weighted by Crippen LogP contribution is -2.36. The lowest BCUT2D eigenvalue weighted by Gasteiger charge is -2.23. The Hall–Kier alpha value is -1.95. The highest BCUT2D eigenvalue weighted by atomic mass is 32.2. The fraction of sp³-hybridized carbons (Fsp3) is 0.368. The van der Waals surface area contributed by atoms with Crippen molar-refractivity contribution in [1.82, 2.24) is 10.0 Å². The molecule has 6 nitrogen and oxygen atoms in total. The van der Waals surface area contributed by atoms with Crippen molar-refractivity contribution in [2.75, 3.05) is 19.6 Å². The molecule has 0 amide bonds. The Balaban J connectivity index is 2.01. The molecule has 11 heteroatoms. The first-order valence-electron chi connectivity index (χ1n) is 9.23. The molecule has 1 saturated heterocycles. The largest absolute Gasteiger partial charge is 0.417 e. The van der Waals surface area contributed by atoms with Crippen LogP contribution in [0, 0.1) is 5.92 Å². The minimum atomic E-state index is -4.96. The van der Waals surface area contributed by atoms with Gasteiger partial charge < -0.3 is 5.32 Å². The molecule has 1 aliphatic rings. The van der Waals surface area contributed by atoms with E-state index in [9.17, 15) is 30.0 Å². The van der Waals surface area contributed by atoms with Gasteiger partial charge in [-0.2, -0.15) is 13.2 Å².